The van der Waals surface area contributed by atoms with Gasteiger partial charge in [0.25, 0.3) is 0 Å². The van der Waals surface area contributed by atoms with Crippen LogP contribution >= 0.6 is 0 Å². The molecule has 57 heavy (non-hydrogen) atoms. The highest BCUT2D eigenvalue weighted by atomic mass is 15.2. The second kappa shape index (κ2) is 12.0. The summed E-state index contributed by atoms with van der Waals surface area (Å²) in [5.41, 5.74) is 19.6. The zero-order chi connectivity index (χ0) is 39.3. The summed E-state index contributed by atoms with van der Waals surface area (Å²) < 4.78 is 0. The zero-order valence-corrected chi connectivity index (χ0v) is 35.9. The molecule has 0 aromatic heterocycles. The van der Waals surface area contributed by atoms with Gasteiger partial charge in [0.1, 0.15) is 0 Å². The van der Waals surface area contributed by atoms with Crippen LogP contribution in [-0.4, -0.2) is 0 Å². The number of nitrogens with zero attached hydrogens (tertiary/aromatic N) is 1. The molecule has 0 heterocycles. The van der Waals surface area contributed by atoms with Gasteiger partial charge in [0.2, 0.25) is 0 Å². The molecule has 0 atom stereocenters. The van der Waals surface area contributed by atoms with Gasteiger partial charge < -0.3 is 4.90 Å². The van der Waals surface area contributed by atoms with Crippen molar-refractivity contribution in [3.8, 4) is 22.3 Å². The summed E-state index contributed by atoms with van der Waals surface area (Å²) in [5.74, 6) is 3.31. The summed E-state index contributed by atoms with van der Waals surface area (Å²) >= 11 is 0. The molecule has 4 saturated carbocycles. The molecular formula is C56H63N. The molecule has 7 aliphatic carbocycles. The minimum absolute atomic E-state index is 0.0605. The molecule has 12 rings (SSSR count). The van der Waals surface area contributed by atoms with Crippen LogP contribution in [0.2, 0.25) is 0 Å². The average molecular weight is 750 g/mol. The highest BCUT2D eigenvalue weighted by Crippen LogP contribution is 2.70. The summed E-state index contributed by atoms with van der Waals surface area (Å²) in [6.45, 7) is 19.9. The molecule has 5 aromatic carbocycles. The van der Waals surface area contributed by atoms with Gasteiger partial charge in [-0.3, -0.25) is 0 Å². The van der Waals surface area contributed by atoms with Crippen molar-refractivity contribution < 1.29 is 0 Å². The molecule has 1 heteroatoms. The molecule has 1 nitrogen and oxygen atoms in total. The van der Waals surface area contributed by atoms with Gasteiger partial charge in [-0.2, -0.15) is 0 Å². The van der Waals surface area contributed by atoms with E-state index in [0.29, 0.717) is 0 Å². The van der Waals surface area contributed by atoms with E-state index in [0.717, 1.165) is 23.7 Å². The lowest BCUT2D eigenvalue weighted by atomic mass is 9.43. The first-order valence-corrected chi connectivity index (χ1v) is 22.6. The summed E-state index contributed by atoms with van der Waals surface area (Å²) in [6, 6.07) is 41.2. The normalized spacial score (nSPS) is 28.7. The van der Waals surface area contributed by atoms with Gasteiger partial charge in [-0.1, -0.05) is 128 Å². The molecule has 4 bridgehead atoms. The van der Waals surface area contributed by atoms with Crippen molar-refractivity contribution in [2.45, 2.75) is 140 Å². The van der Waals surface area contributed by atoms with Gasteiger partial charge in [-0.05, 0) is 189 Å². The van der Waals surface area contributed by atoms with E-state index in [1.54, 1.807) is 11.1 Å². The maximum Gasteiger partial charge on any atom is 0.0502 e. The fourth-order valence-electron chi connectivity index (χ4n) is 14.3. The lowest BCUT2D eigenvalue weighted by molar-refractivity contribution is -0.0399. The summed E-state index contributed by atoms with van der Waals surface area (Å²) in [5, 5.41) is 0. The minimum Gasteiger partial charge on any atom is -0.310 e. The van der Waals surface area contributed by atoms with Crippen molar-refractivity contribution in [2.75, 3.05) is 4.90 Å². The number of hydrogen-bond donors (Lipinski definition) is 0. The van der Waals surface area contributed by atoms with Crippen LogP contribution < -0.4 is 4.90 Å². The third kappa shape index (κ3) is 5.05. The molecule has 0 unspecified atom stereocenters. The first-order valence-electron chi connectivity index (χ1n) is 22.6. The quantitative estimate of drug-likeness (QED) is 0.177. The average Bonchev–Trinajstić information content (AvgIpc) is 3.47. The van der Waals surface area contributed by atoms with Gasteiger partial charge in [0.05, 0.1) is 11.4 Å². The Morgan fingerprint density at radius 1 is 0.421 bits per heavy atom. The number of anilines is 3. The van der Waals surface area contributed by atoms with Crippen molar-refractivity contribution in [1.82, 2.24) is 0 Å². The van der Waals surface area contributed by atoms with Crippen molar-refractivity contribution in [3.63, 3.8) is 0 Å². The summed E-state index contributed by atoms with van der Waals surface area (Å²) in [7, 11) is 0. The van der Waals surface area contributed by atoms with Crippen LogP contribution in [0, 0.1) is 23.7 Å². The molecule has 0 amide bonds. The fraction of sp³-hybridized carbons (Fsp3) is 0.464. The van der Waals surface area contributed by atoms with Gasteiger partial charge >= 0.3 is 0 Å². The third-order valence-corrected chi connectivity index (χ3v) is 17.1. The topological polar surface area (TPSA) is 3.24 Å². The van der Waals surface area contributed by atoms with Crippen LogP contribution in [0.1, 0.15) is 147 Å². The van der Waals surface area contributed by atoms with Crippen molar-refractivity contribution >= 4 is 17.1 Å². The largest absolute Gasteiger partial charge is 0.310 e. The SMILES string of the molecule is CC1(C)CCC(C)(C)c2c(N(c3ccc4c(c3)-c3ccc(-c5ccccc5)cc3C43C4CC5CC(C4)CC3C5)c3cccc4c3C(C)(C)CCC4(C)C)cccc21. The van der Waals surface area contributed by atoms with Gasteiger partial charge in [0, 0.05) is 11.1 Å². The Balaban J connectivity index is 1.19. The predicted octanol–water partition coefficient (Wildman–Crippen LogP) is 15.2. The van der Waals surface area contributed by atoms with E-state index in [9.17, 15) is 0 Å². The standard InChI is InChI=1S/C56H63N/c1-52(2)24-26-54(5,6)50-45(52)16-12-18-48(50)57(49-19-13-17-46-51(49)55(7,8)27-25-53(46,3)4)41-21-23-44-43(34-41)42-22-20-38(37-14-10-9-11-15-37)33-47(42)56(44)39-29-35-28-36(31-39)32-40(56)30-35/h9-23,33-36,39-40H,24-32H2,1-8H3. The molecule has 0 radical (unpaired) electrons. The number of benzene rings is 5. The second-order valence-corrected chi connectivity index (χ2v) is 22.3. The number of fused-ring (bicyclic) bond motifs is 5. The Morgan fingerprint density at radius 3 is 1.53 bits per heavy atom. The van der Waals surface area contributed by atoms with E-state index >= 15 is 0 Å². The van der Waals surface area contributed by atoms with E-state index < -0.39 is 0 Å². The highest BCUT2D eigenvalue weighted by molar-refractivity contribution is 5.90. The van der Waals surface area contributed by atoms with Crippen molar-refractivity contribution in [3.05, 3.63) is 137 Å². The molecule has 4 fully saturated rings. The Bertz CT molecular complexity index is 2330. The Morgan fingerprint density at radius 2 is 0.965 bits per heavy atom. The Labute approximate surface area is 343 Å². The van der Waals surface area contributed by atoms with E-state index in [1.807, 2.05) is 0 Å². The Hall–Kier alpha value is -4.10. The van der Waals surface area contributed by atoms with E-state index in [1.165, 1.54) is 119 Å². The van der Waals surface area contributed by atoms with Crippen LogP contribution in [0.5, 0.6) is 0 Å². The van der Waals surface area contributed by atoms with Crippen LogP contribution in [0.15, 0.2) is 103 Å². The molecule has 0 saturated heterocycles. The summed E-state index contributed by atoms with van der Waals surface area (Å²) in [4.78, 5) is 2.75. The van der Waals surface area contributed by atoms with Crippen LogP contribution in [-0.2, 0) is 27.1 Å². The van der Waals surface area contributed by atoms with Gasteiger partial charge in [-0.25, -0.2) is 0 Å². The summed E-state index contributed by atoms with van der Waals surface area (Å²) in [6.07, 6.45) is 11.9. The second-order valence-electron chi connectivity index (χ2n) is 22.3. The fourth-order valence-corrected chi connectivity index (χ4v) is 14.3. The van der Waals surface area contributed by atoms with Gasteiger partial charge in [0.15, 0.2) is 0 Å². The smallest absolute Gasteiger partial charge is 0.0502 e. The van der Waals surface area contributed by atoms with E-state index in [4.69, 9.17) is 0 Å². The first-order chi connectivity index (χ1) is 27.2. The third-order valence-electron chi connectivity index (χ3n) is 17.1. The molecule has 0 N–H and O–H groups in total. The van der Waals surface area contributed by atoms with Crippen LogP contribution in [0.3, 0.4) is 0 Å². The van der Waals surface area contributed by atoms with Crippen molar-refractivity contribution in [1.29, 1.82) is 0 Å². The molecular weight excluding hydrogens is 687 g/mol. The van der Waals surface area contributed by atoms with Crippen LogP contribution in [0.25, 0.3) is 22.3 Å². The molecule has 1 spiro atoms. The minimum atomic E-state index is 0.0605. The number of rotatable bonds is 4. The monoisotopic (exact) mass is 749 g/mol. The maximum absolute atomic E-state index is 2.75. The first kappa shape index (κ1) is 36.0. The van der Waals surface area contributed by atoms with Crippen molar-refractivity contribution in [2.24, 2.45) is 23.7 Å². The number of hydrogen-bond acceptors (Lipinski definition) is 1. The molecule has 292 valence electrons. The lowest BCUT2D eigenvalue weighted by Gasteiger charge is -2.61. The molecule has 7 aliphatic rings. The van der Waals surface area contributed by atoms with Gasteiger partial charge in [-0.15, -0.1) is 0 Å². The highest BCUT2D eigenvalue weighted by Gasteiger charge is 2.61. The lowest BCUT2D eigenvalue weighted by Crippen LogP contribution is -2.55. The molecule has 0 aliphatic heterocycles. The zero-order valence-electron chi connectivity index (χ0n) is 35.9. The van der Waals surface area contributed by atoms with E-state index in [-0.39, 0.29) is 27.1 Å². The van der Waals surface area contributed by atoms with Crippen LogP contribution in [0.4, 0.5) is 17.1 Å². The Kier molecular flexibility index (Phi) is 7.58. The maximum atomic E-state index is 2.75. The predicted molar refractivity (Wildman–Crippen MR) is 240 cm³/mol. The molecule has 5 aromatic rings. The van der Waals surface area contributed by atoms with E-state index in [2.05, 4.69) is 163 Å².